The Morgan fingerprint density at radius 1 is 1.39 bits per heavy atom. The van der Waals surface area contributed by atoms with Crippen molar-refractivity contribution >= 4 is 27.6 Å². The normalized spacial score (nSPS) is 12.1. The topological polar surface area (TPSA) is 81.6 Å². The predicted octanol–water partition coefficient (Wildman–Crippen LogP) is 1.54. The van der Waals surface area contributed by atoms with Crippen molar-refractivity contribution in [3.05, 3.63) is 27.7 Å². The van der Waals surface area contributed by atoms with Gasteiger partial charge in [-0.05, 0) is 37.1 Å². The first kappa shape index (κ1) is 14.9. The number of aliphatic hydroxyl groups excluding tert-OH is 2. The van der Waals surface area contributed by atoms with Crippen molar-refractivity contribution in [1.29, 1.82) is 0 Å². The standard InChI is InChI=1S/C12H17BrN2O3/c1-7-3-9(13)4-8(2)11(7)15-12(18)14-5-10(17)6-16/h3-4,10,16-17H,5-6H2,1-2H3,(H2,14,15,18). The van der Waals surface area contributed by atoms with Gasteiger partial charge in [-0.1, -0.05) is 15.9 Å². The highest BCUT2D eigenvalue weighted by Crippen LogP contribution is 2.24. The van der Waals surface area contributed by atoms with Crippen molar-refractivity contribution in [2.24, 2.45) is 0 Å². The summed E-state index contributed by atoms with van der Waals surface area (Å²) in [5, 5.41) is 22.9. The number of benzene rings is 1. The number of carbonyl (C=O) groups is 1. The molecule has 0 saturated heterocycles. The molecule has 1 unspecified atom stereocenters. The van der Waals surface area contributed by atoms with Crippen molar-refractivity contribution in [3.63, 3.8) is 0 Å². The molecular formula is C12H17BrN2O3. The fourth-order valence-electron chi connectivity index (χ4n) is 1.54. The molecule has 1 atom stereocenters. The van der Waals surface area contributed by atoms with E-state index in [-0.39, 0.29) is 13.2 Å². The summed E-state index contributed by atoms with van der Waals surface area (Å²) in [4.78, 5) is 11.6. The lowest BCUT2D eigenvalue weighted by Crippen LogP contribution is -2.36. The maximum atomic E-state index is 11.6. The zero-order valence-electron chi connectivity index (χ0n) is 10.3. The van der Waals surface area contributed by atoms with Crippen LogP contribution in [0.4, 0.5) is 10.5 Å². The quantitative estimate of drug-likeness (QED) is 0.680. The van der Waals surface area contributed by atoms with Crippen LogP contribution in [0.25, 0.3) is 0 Å². The molecule has 0 bridgehead atoms. The highest BCUT2D eigenvalue weighted by Gasteiger charge is 2.09. The molecule has 0 aliphatic rings. The molecule has 0 radical (unpaired) electrons. The number of nitrogens with one attached hydrogen (secondary N) is 2. The first-order valence-corrected chi connectivity index (χ1v) is 6.34. The summed E-state index contributed by atoms with van der Waals surface area (Å²) in [5.74, 6) is 0. The molecule has 0 heterocycles. The van der Waals surface area contributed by atoms with Crippen molar-refractivity contribution in [2.45, 2.75) is 20.0 Å². The third-order valence-corrected chi connectivity index (χ3v) is 2.90. The number of anilines is 1. The van der Waals surface area contributed by atoms with E-state index >= 15 is 0 Å². The molecule has 1 rings (SSSR count). The molecule has 0 saturated carbocycles. The Labute approximate surface area is 114 Å². The minimum atomic E-state index is -0.942. The molecule has 100 valence electrons. The fourth-order valence-corrected chi connectivity index (χ4v) is 2.23. The summed E-state index contributed by atoms with van der Waals surface area (Å²) in [7, 11) is 0. The first-order chi connectivity index (χ1) is 8.43. The average molecular weight is 317 g/mol. The Balaban J connectivity index is 2.65. The van der Waals surface area contributed by atoms with Gasteiger partial charge in [0.25, 0.3) is 0 Å². The molecule has 0 spiro atoms. The van der Waals surface area contributed by atoms with Gasteiger partial charge in [-0.25, -0.2) is 4.79 Å². The van der Waals surface area contributed by atoms with Crippen molar-refractivity contribution in [2.75, 3.05) is 18.5 Å². The number of aliphatic hydroxyl groups is 2. The Kier molecular flexibility index (Phi) is 5.58. The number of carbonyl (C=O) groups excluding carboxylic acids is 1. The van der Waals surface area contributed by atoms with Gasteiger partial charge in [-0.2, -0.15) is 0 Å². The average Bonchev–Trinajstić information content (AvgIpc) is 2.30. The second-order valence-corrected chi connectivity index (χ2v) is 5.00. The van der Waals surface area contributed by atoms with E-state index in [1.54, 1.807) is 0 Å². The molecule has 1 aromatic carbocycles. The molecule has 2 amide bonds. The first-order valence-electron chi connectivity index (χ1n) is 5.54. The second kappa shape index (κ2) is 6.72. The number of rotatable bonds is 4. The molecule has 5 nitrogen and oxygen atoms in total. The minimum Gasteiger partial charge on any atom is -0.394 e. The summed E-state index contributed by atoms with van der Waals surface area (Å²) in [5.41, 5.74) is 2.63. The van der Waals surface area contributed by atoms with Gasteiger partial charge in [0.15, 0.2) is 0 Å². The van der Waals surface area contributed by atoms with E-state index in [2.05, 4.69) is 26.6 Å². The van der Waals surface area contributed by atoms with E-state index in [1.165, 1.54) is 0 Å². The minimum absolute atomic E-state index is 0.0109. The molecule has 0 aromatic heterocycles. The Morgan fingerprint density at radius 2 is 1.94 bits per heavy atom. The number of aryl methyl sites for hydroxylation is 2. The third kappa shape index (κ3) is 4.29. The van der Waals surface area contributed by atoms with Gasteiger partial charge < -0.3 is 20.8 Å². The number of urea groups is 1. The van der Waals surface area contributed by atoms with Crippen LogP contribution in [-0.4, -0.2) is 35.5 Å². The van der Waals surface area contributed by atoms with Crippen molar-refractivity contribution in [1.82, 2.24) is 5.32 Å². The summed E-state index contributed by atoms with van der Waals surface area (Å²) in [6, 6.07) is 3.41. The maximum absolute atomic E-state index is 11.6. The van der Waals surface area contributed by atoms with Crippen LogP contribution in [0, 0.1) is 13.8 Å². The van der Waals surface area contributed by atoms with Crippen LogP contribution >= 0.6 is 15.9 Å². The molecule has 0 aliphatic heterocycles. The van der Waals surface area contributed by atoms with Crippen LogP contribution in [-0.2, 0) is 0 Å². The number of halogens is 1. The van der Waals surface area contributed by atoms with Crippen LogP contribution in [0.1, 0.15) is 11.1 Å². The van der Waals surface area contributed by atoms with Gasteiger partial charge in [-0.3, -0.25) is 0 Å². The SMILES string of the molecule is Cc1cc(Br)cc(C)c1NC(=O)NCC(O)CO. The second-order valence-electron chi connectivity index (χ2n) is 4.09. The van der Waals surface area contributed by atoms with Crippen LogP contribution in [0.2, 0.25) is 0 Å². The monoisotopic (exact) mass is 316 g/mol. The Hall–Kier alpha value is -1.11. The van der Waals surface area contributed by atoms with Gasteiger partial charge in [0, 0.05) is 16.7 Å². The summed E-state index contributed by atoms with van der Waals surface area (Å²) in [6.45, 7) is 3.43. The van der Waals surface area contributed by atoms with Gasteiger partial charge >= 0.3 is 6.03 Å². The van der Waals surface area contributed by atoms with E-state index in [4.69, 9.17) is 10.2 Å². The number of hydrogen-bond donors (Lipinski definition) is 4. The number of amides is 2. The van der Waals surface area contributed by atoms with Gasteiger partial charge in [0.2, 0.25) is 0 Å². The lowest BCUT2D eigenvalue weighted by Gasteiger charge is -2.14. The Bertz CT molecular complexity index is 414. The lowest BCUT2D eigenvalue weighted by atomic mass is 10.1. The zero-order valence-corrected chi connectivity index (χ0v) is 11.9. The van der Waals surface area contributed by atoms with Crippen LogP contribution in [0.5, 0.6) is 0 Å². The lowest BCUT2D eigenvalue weighted by molar-refractivity contribution is 0.0965. The van der Waals surface area contributed by atoms with E-state index in [0.717, 1.165) is 21.3 Å². The van der Waals surface area contributed by atoms with Crippen LogP contribution < -0.4 is 10.6 Å². The van der Waals surface area contributed by atoms with Gasteiger partial charge in [0.05, 0.1) is 12.7 Å². The largest absolute Gasteiger partial charge is 0.394 e. The molecule has 6 heteroatoms. The van der Waals surface area contributed by atoms with Crippen molar-refractivity contribution < 1.29 is 15.0 Å². The predicted molar refractivity (Wildman–Crippen MR) is 73.7 cm³/mol. The third-order valence-electron chi connectivity index (χ3n) is 2.44. The van der Waals surface area contributed by atoms with E-state index < -0.39 is 12.1 Å². The molecule has 1 aromatic rings. The van der Waals surface area contributed by atoms with Crippen LogP contribution in [0.3, 0.4) is 0 Å². The molecule has 4 N–H and O–H groups in total. The molecular weight excluding hydrogens is 300 g/mol. The van der Waals surface area contributed by atoms with Gasteiger partial charge in [0.1, 0.15) is 0 Å². The highest BCUT2D eigenvalue weighted by molar-refractivity contribution is 9.10. The van der Waals surface area contributed by atoms with E-state index in [9.17, 15) is 4.79 Å². The smallest absolute Gasteiger partial charge is 0.319 e. The van der Waals surface area contributed by atoms with Crippen molar-refractivity contribution in [3.8, 4) is 0 Å². The Morgan fingerprint density at radius 3 is 2.44 bits per heavy atom. The summed E-state index contributed by atoms with van der Waals surface area (Å²) in [6.07, 6.45) is -0.942. The molecule has 0 fully saturated rings. The summed E-state index contributed by atoms with van der Waals surface area (Å²) < 4.78 is 0.958. The fraction of sp³-hybridized carbons (Fsp3) is 0.417. The maximum Gasteiger partial charge on any atom is 0.319 e. The van der Waals surface area contributed by atoms with E-state index in [0.29, 0.717) is 0 Å². The highest BCUT2D eigenvalue weighted by atomic mass is 79.9. The molecule has 0 aliphatic carbocycles. The van der Waals surface area contributed by atoms with Gasteiger partial charge in [-0.15, -0.1) is 0 Å². The summed E-state index contributed by atoms with van der Waals surface area (Å²) >= 11 is 3.38. The number of hydrogen-bond acceptors (Lipinski definition) is 3. The molecule has 18 heavy (non-hydrogen) atoms. The van der Waals surface area contributed by atoms with Crippen LogP contribution in [0.15, 0.2) is 16.6 Å². The zero-order chi connectivity index (χ0) is 13.7. The van der Waals surface area contributed by atoms with E-state index in [1.807, 2.05) is 26.0 Å².